The molecular weight excluding hydrogens is 282 g/mol. The van der Waals surface area contributed by atoms with Crippen LogP contribution in [0.25, 0.3) is 11.3 Å². The number of carbonyl (C=O) groups is 1. The highest BCUT2D eigenvalue weighted by molar-refractivity contribution is 7.14. The Bertz CT molecular complexity index is 729. The molecule has 0 radical (unpaired) electrons. The van der Waals surface area contributed by atoms with E-state index in [-0.39, 0.29) is 5.91 Å². The summed E-state index contributed by atoms with van der Waals surface area (Å²) in [6.07, 6.45) is 2.74. The number of aromatic nitrogens is 2. The number of H-pyrrole nitrogens is 1. The van der Waals surface area contributed by atoms with Crippen LogP contribution in [0.3, 0.4) is 0 Å². The molecule has 0 aliphatic heterocycles. The molecular formula is C16H15N3OS. The Morgan fingerprint density at radius 1 is 1.29 bits per heavy atom. The van der Waals surface area contributed by atoms with E-state index in [1.165, 1.54) is 16.9 Å². The summed E-state index contributed by atoms with van der Waals surface area (Å²) in [4.78, 5) is 19.3. The lowest BCUT2D eigenvalue weighted by Gasteiger charge is -2.00. The van der Waals surface area contributed by atoms with E-state index < -0.39 is 0 Å². The van der Waals surface area contributed by atoms with E-state index in [1.54, 1.807) is 18.3 Å². The van der Waals surface area contributed by atoms with E-state index in [0.29, 0.717) is 10.8 Å². The first-order chi connectivity index (χ1) is 10.3. The number of carbonyl (C=O) groups excluding carboxylic acids is 1. The molecule has 1 aromatic carbocycles. The van der Waals surface area contributed by atoms with E-state index in [0.717, 1.165) is 17.7 Å². The van der Waals surface area contributed by atoms with Crippen LogP contribution < -0.4 is 5.32 Å². The van der Waals surface area contributed by atoms with Gasteiger partial charge in [-0.1, -0.05) is 31.2 Å². The SMILES string of the molecule is CCc1ccc(-c2csc(NC(=O)c3ccc[nH]3)n2)cc1. The summed E-state index contributed by atoms with van der Waals surface area (Å²) >= 11 is 1.42. The molecule has 5 heteroatoms. The van der Waals surface area contributed by atoms with E-state index in [9.17, 15) is 4.79 Å². The van der Waals surface area contributed by atoms with Crippen LogP contribution in [-0.4, -0.2) is 15.9 Å². The molecule has 0 fully saturated rings. The fourth-order valence-corrected chi connectivity index (χ4v) is 2.73. The predicted molar refractivity (Wildman–Crippen MR) is 85.7 cm³/mol. The third-order valence-corrected chi connectivity index (χ3v) is 3.98. The topological polar surface area (TPSA) is 57.8 Å². The number of hydrogen-bond donors (Lipinski definition) is 2. The smallest absolute Gasteiger partial charge is 0.273 e. The monoisotopic (exact) mass is 297 g/mol. The Morgan fingerprint density at radius 2 is 2.10 bits per heavy atom. The molecule has 4 nitrogen and oxygen atoms in total. The molecule has 21 heavy (non-hydrogen) atoms. The highest BCUT2D eigenvalue weighted by Gasteiger charge is 2.10. The minimum absolute atomic E-state index is 0.178. The van der Waals surface area contributed by atoms with E-state index in [4.69, 9.17) is 0 Å². The van der Waals surface area contributed by atoms with Gasteiger partial charge in [-0.3, -0.25) is 10.1 Å². The summed E-state index contributed by atoms with van der Waals surface area (Å²) in [5.41, 5.74) is 3.77. The molecule has 3 aromatic rings. The average molecular weight is 297 g/mol. The maximum Gasteiger partial charge on any atom is 0.273 e. The molecule has 0 spiro atoms. The maximum atomic E-state index is 11.9. The Morgan fingerprint density at radius 3 is 2.76 bits per heavy atom. The summed E-state index contributed by atoms with van der Waals surface area (Å²) < 4.78 is 0. The van der Waals surface area contributed by atoms with Gasteiger partial charge in [-0.25, -0.2) is 4.98 Å². The van der Waals surface area contributed by atoms with Gasteiger partial charge in [-0.15, -0.1) is 11.3 Å². The van der Waals surface area contributed by atoms with Crippen molar-refractivity contribution in [3.05, 3.63) is 59.2 Å². The molecule has 0 atom stereocenters. The fraction of sp³-hybridized carbons (Fsp3) is 0.125. The Hall–Kier alpha value is -2.40. The van der Waals surface area contributed by atoms with Crippen LogP contribution in [0.4, 0.5) is 5.13 Å². The van der Waals surface area contributed by atoms with Crippen LogP contribution >= 0.6 is 11.3 Å². The second-order valence-electron chi connectivity index (χ2n) is 4.63. The predicted octanol–water partition coefficient (Wildman–Crippen LogP) is 3.95. The molecule has 2 aromatic heterocycles. The number of aromatic amines is 1. The van der Waals surface area contributed by atoms with E-state index in [1.807, 2.05) is 5.38 Å². The van der Waals surface area contributed by atoms with Gasteiger partial charge in [0.05, 0.1) is 5.69 Å². The molecule has 0 unspecified atom stereocenters. The zero-order valence-corrected chi connectivity index (χ0v) is 12.4. The number of thiazole rings is 1. The number of benzene rings is 1. The fourth-order valence-electron chi connectivity index (χ4n) is 2.01. The lowest BCUT2D eigenvalue weighted by Crippen LogP contribution is -2.11. The molecule has 106 valence electrons. The number of rotatable bonds is 4. The van der Waals surface area contributed by atoms with Crippen LogP contribution in [0.15, 0.2) is 48.0 Å². The van der Waals surface area contributed by atoms with Gasteiger partial charge in [-0.2, -0.15) is 0 Å². The molecule has 1 amide bonds. The van der Waals surface area contributed by atoms with Crippen molar-refractivity contribution in [2.45, 2.75) is 13.3 Å². The average Bonchev–Trinajstić information content (AvgIpc) is 3.19. The Balaban J connectivity index is 1.75. The number of nitrogens with zero attached hydrogens (tertiary/aromatic N) is 1. The summed E-state index contributed by atoms with van der Waals surface area (Å²) in [6, 6.07) is 11.8. The first-order valence-electron chi connectivity index (χ1n) is 6.76. The zero-order valence-electron chi connectivity index (χ0n) is 11.6. The molecule has 0 saturated heterocycles. The number of hydrogen-bond acceptors (Lipinski definition) is 3. The maximum absolute atomic E-state index is 11.9. The zero-order chi connectivity index (χ0) is 14.7. The van der Waals surface area contributed by atoms with Gasteiger partial charge in [0, 0.05) is 17.1 Å². The number of nitrogens with one attached hydrogen (secondary N) is 2. The Kier molecular flexibility index (Phi) is 3.83. The van der Waals surface area contributed by atoms with Crippen molar-refractivity contribution in [3.8, 4) is 11.3 Å². The lowest BCUT2D eigenvalue weighted by atomic mass is 10.1. The van der Waals surface area contributed by atoms with Crippen molar-refractivity contribution >= 4 is 22.4 Å². The van der Waals surface area contributed by atoms with Gasteiger partial charge in [-0.05, 0) is 24.1 Å². The quantitative estimate of drug-likeness (QED) is 0.766. The van der Waals surface area contributed by atoms with Crippen LogP contribution in [0, 0.1) is 0 Å². The third-order valence-electron chi connectivity index (χ3n) is 3.23. The first-order valence-corrected chi connectivity index (χ1v) is 7.64. The minimum Gasteiger partial charge on any atom is -0.357 e. The standard InChI is InChI=1S/C16H15N3OS/c1-2-11-5-7-12(8-6-11)14-10-21-16(18-14)19-15(20)13-4-3-9-17-13/h3-10,17H,2H2,1H3,(H,18,19,20). The Labute approximate surface area is 126 Å². The van der Waals surface area contributed by atoms with Crippen molar-refractivity contribution in [1.82, 2.24) is 9.97 Å². The van der Waals surface area contributed by atoms with Crippen LogP contribution in [-0.2, 0) is 6.42 Å². The number of amides is 1. The molecule has 3 rings (SSSR count). The van der Waals surface area contributed by atoms with Gasteiger partial charge in [0.1, 0.15) is 5.69 Å². The van der Waals surface area contributed by atoms with Crippen molar-refractivity contribution in [2.24, 2.45) is 0 Å². The van der Waals surface area contributed by atoms with Gasteiger partial charge in [0.2, 0.25) is 0 Å². The number of aryl methyl sites for hydroxylation is 1. The largest absolute Gasteiger partial charge is 0.357 e. The molecule has 2 N–H and O–H groups in total. The van der Waals surface area contributed by atoms with Crippen LogP contribution in [0.2, 0.25) is 0 Å². The molecule has 0 aliphatic rings. The summed E-state index contributed by atoms with van der Waals surface area (Å²) in [5, 5.41) is 5.35. The van der Waals surface area contributed by atoms with Gasteiger partial charge >= 0.3 is 0 Å². The summed E-state index contributed by atoms with van der Waals surface area (Å²) in [5.74, 6) is -0.178. The van der Waals surface area contributed by atoms with Crippen molar-refractivity contribution in [1.29, 1.82) is 0 Å². The van der Waals surface area contributed by atoms with Crippen molar-refractivity contribution < 1.29 is 4.79 Å². The number of anilines is 1. The normalized spacial score (nSPS) is 10.5. The second kappa shape index (κ2) is 5.93. The van der Waals surface area contributed by atoms with E-state index >= 15 is 0 Å². The lowest BCUT2D eigenvalue weighted by molar-refractivity contribution is 0.102. The van der Waals surface area contributed by atoms with Gasteiger partial charge in [0.15, 0.2) is 5.13 Å². The highest BCUT2D eigenvalue weighted by Crippen LogP contribution is 2.25. The van der Waals surface area contributed by atoms with Crippen LogP contribution in [0.5, 0.6) is 0 Å². The molecule has 0 aliphatic carbocycles. The second-order valence-corrected chi connectivity index (χ2v) is 5.48. The minimum atomic E-state index is -0.178. The van der Waals surface area contributed by atoms with Crippen LogP contribution in [0.1, 0.15) is 23.0 Å². The molecule has 0 bridgehead atoms. The first kappa shape index (κ1) is 13.6. The van der Waals surface area contributed by atoms with Crippen molar-refractivity contribution in [2.75, 3.05) is 5.32 Å². The molecule has 0 saturated carbocycles. The van der Waals surface area contributed by atoms with E-state index in [2.05, 4.69) is 46.5 Å². The van der Waals surface area contributed by atoms with Gasteiger partial charge in [0.25, 0.3) is 5.91 Å². The summed E-state index contributed by atoms with van der Waals surface area (Å²) in [6.45, 7) is 2.13. The summed E-state index contributed by atoms with van der Waals surface area (Å²) in [7, 11) is 0. The van der Waals surface area contributed by atoms with Gasteiger partial charge < -0.3 is 4.98 Å². The highest BCUT2D eigenvalue weighted by atomic mass is 32.1. The van der Waals surface area contributed by atoms with Crippen molar-refractivity contribution in [3.63, 3.8) is 0 Å². The molecule has 2 heterocycles. The third kappa shape index (κ3) is 3.03.